The molecule has 2 aliphatic heterocycles. The Morgan fingerprint density at radius 2 is 1.75 bits per heavy atom. The summed E-state index contributed by atoms with van der Waals surface area (Å²) in [6, 6.07) is 26.6. The number of rotatable bonds is 11. The third kappa shape index (κ3) is 8.82. The highest BCUT2D eigenvalue weighted by atomic mass is 16.2. The van der Waals surface area contributed by atoms with Crippen molar-refractivity contribution in [1.82, 2.24) is 25.4 Å². The molecule has 3 aliphatic rings. The van der Waals surface area contributed by atoms with Crippen molar-refractivity contribution in [3.63, 3.8) is 0 Å². The standard InChI is InChI=1S/C43H53N7O2/c1-48(26-27-49-22-9-19-44-21-25-49)43(52)35-13-7-10-32(28-35)31-46-39-17-16-36(50-23-5-2-6-24-50)30-38(39)41-29-34(18-20-45-41)42(51)47-40-15-8-12-33-11-3-4-14-37(33)40/h3-4,7,10-11,13-14,16-18,20,28-30,40,44,46H,2,5-6,8-9,12,15,19,21-27,31H2,1H3,(H,47,51). The molecular weight excluding hydrogens is 647 g/mol. The van der Waals surface area contributed by atoms with Gasteiger partial charge in [0.15, 0.2) is 0 Å². The lowest BCUT2D eigenvalue weighted by Gasteiger charge is -2.29. The molecule has 0 radical (unpaired) electrons. The van der Waals surface area contributed by atoms with Crippen molar-refractivity contribution in [3.8, 4) is 11.3 Å². The molecule has 1 unspecified atom stereocenters. The highest BCUT2D eigenvalue weighted by molar-refractivity contribution is 5.96. The maximum Gasteiger partial charge on any atom is 0.253 e. The third-order valence-electron chi connectivity index (χ3n) is 10.9. The van der Waals surface area contributed by atoms with Crippen LogP contribution < -0.4 is 20.9 Å². The lowest BCUT2D eigenvalue weighted by atomic mass is 9.87. The second-order valence-electron chi connectivity index (χ2n) is 14.6. The van der Waals surface area contributed by atoms with Gasteiger partial charge in [-0.05, 0) is 117 Å². The molecule has 3 N–H and O–H groups in total. The normalized spacial score (nSPS) is 17.9. The Bertz CT molecular complexity index is 1830. The Morgan fingerprint density at radius 3 is 2.65 bits per heavy atom. The van der Waals surface area contributed by atoms with Crippen molar-refractivity contribution in [3.05, 3.63) is 113 Å². The average molecular weight is 700 g/mol. The number of carbonyl (C=O) groups is 2. The van der Waals surface area contributed by atoms with E-state index in [9.17, 15) is 9.59 Å². The molecule has 4 aromatic rings. The minimum absolute atomic E-state index is 0.00738. The van der Waals surface area contributed by atoms with Gasteiger partial charge in [0, 0.05) is 87.1 Å². The molecule has 1 aromatic heterocycles. The van der Waals surface area contributed by atoms with E-state index >= 15 is 0 Å². The summed E-state index contributed by atoms with van der Waals surface area (Å²) in [6.45, 7) is 8.35. The van der Waals surface area contributed by atoms with Gasteiger partial charge in [-0.1, -0.05) is 36.4 Å². The van der Waals surface area contributed by atoms with Gasteiger partial charge in [-0.15, -0.1) is 0 Å². The smallest absolute Gasteiger partial charge is 0.253 e. The van der Waals surface area contributed by atoms with Crippen molar-refractivity contribution in [1.29, 1.82) is 0 Å². The number of pyridine rings is 1. The van der Waals surface area contributed by atoms with Crippen LogP contribution in [-0.2, 0) is 13.0 Å². The van der Waals surface area contributed by atoms with Gasteiger partial charge in [0.1, 0.15) is 0 Å². The molecule has 1 atom stereocenters. The second kappa shape index (κ2) is 17.2. The molecule has 9 nitrogen and oxygen atoms in total. The van der Waals surface area contributed by atoms with Crippen molar-refractivity contribution < 1.29 is 9.59 Å². The molecule has 0 spiro atoms. The number of benzene rings is 3. The zero-order chi connectivity index (χ0) is 35.7. The van der Waals surface area contributed by atoms with Crippen molar-refractivity contribution in [2.75, 3.05) is 69.6 Å². The molecule has 2 fully saturated rings. The van der Waals surface area contributed by atoms with Crippen LogP contribution in [0, 0.1) is 0 Å². The van der Waals surface area contributed by atoms with Gasteiger partial charge in [0.25, 0.3) is 11.8 Å². The molecule has 9 heteroatoms. The minimum Gasteiger partial charge on any atom is -0.380 e. The lowest BCUT2D eigenvalue weighted by Crippen LogP contribution is -2.37. The van der Waals surface area contributed by atoms with E-state index < -0.39 is 0 Å². The van der Waals surface area contributed by atoms with Gasteiger partial charge in [-0.2, -0.15) is 0 Å². The van der Waals surface area contributed by atoms with Gasteiger partial charge in [0.2, 0.25) is 0 Å². The molecule has 0 bridgehead atoms. The number of hydrogen-bond donors (Lipinski definition) is 3. The maximum absolute atomic E-state index is 13.7. The number of hydrogen-bond acceptors (Lipinski definition) is 7. The molecule has 0 saturated carbocycles. The monoisotopic (exact) mass is 699 g/mol. The van der Waals surface area contributed by atoms with E-state index in [4.69, 9.17) is 4.98 Å². The number of aromatic nitrogens is 1. The zero-order valence-corrected chi connectivity index (χ0v) is 30.6. The molecular formula is C43H53N7O2. The first-order chi connectivity index (χ1) is 25.5. The number of anilines is 2. The average Bonchev–Trinajstić information content (AvgIpc) is 3.48. The Kier molecular flexibility index (Phi) is 11.8. The number of carbonyl (C=O) groups excluding carboxylic acids is 2. The minimum atomic E-state index is -0.0815. The zero-order valence-electron chi connectivity index (χ0n) is 30.6. The van der Waals surface area contributed by atoms with Crippen molar-refractivity contribution >= 4 is 23.2 Å². The third-order valence-corrected chi connectivity index (χ3v) is 10.9. The van der Waals surface area contributed by atoms with Crippen LogP contribution in [0.3, 0.4) is 0 Å². The number of fused-ring (bicyclic) bond motifs is 1. The molecule has 1 aliphatic carbocycles. The number of piperidine rings is 1. The van der Waals surface area contributed by atoms with Gasteiger partial charge in [-0.3, -0.25) is 14.6 Å². The van der Waals surface area contributed by atoms with E-state index in [2.05, 4.69) is 74.3 Å². The molecule has 7 rings (SSSR count). The fraction of sp³-hybridized carbons (Fsp3) is 0.419. The molecule has 272 valence electrons. The predicted molar refractivity (Wildman–Crippen MR) is 210 cm³/mol. The topological polar surface area (TPSA) is 92.8 Å². The first kappa shape index (κ1) is 35.7. The second-order valence-corrected chi connectivity index (χ2v) is 14.6. The summed E-state index contributed by atoms with van der Waals surface area (Å²) in [5.74, 6) is -0.0423. The number of nitrogens with one attached hydrogen (secondary N) is 3. The SMILES string of the molecule is CN(CCN1CCCNCC1)C(=O)c1cccc(CNc2ccc(N3CCCCC3)cc2-c2cc(C(=O)NC3CCCc4ccccc43)ccn2)c1. The van der Waals surface area contributed by atoms with Crippen LogP contribution in [0.15, 0.2) is 85.1 Å². The van der Waals surface area contributed by atoms with Crippen LogP contribution in [0.1, 0.15) is 82.0 Å². The van der Waals surface area contributed by atoms with E-state index in [1.54, 1.807) is 12.3 Å². The Balaban J connectivity index is 1.08. The molecule has 52 heavy (non-hydrogen) atoms. The summed E-state index contributed by atoms with van der Waals surface area (Å²) < 4.78 is 0. The first-order valence-electron chi connectivity index (χ1n) is 19.3. The maximum atomic E-state index is 13.7. The fourth-order valence-corrected chi connectivity index (χ4v) is 7.86. The summed E-state index contributed by atoms with van der Waals surface area (Å²) in [5, 5.41) is 10.4. The number of nitrogens with zero attached hydrogens (tertiary/aromatic N) is 4. The van der Waals surface area contributed by atoms with Crippen LogP contribution in [0.5, 0.6) is 0 Å². The van der Waals surface area contributed by atoms with E-state index in [0.29, 0.717) is 24.2 Å². The van der Waals surface area contributed by atoms with Gasteiger partial charge in [0.05, 0.1) is 11.7 Å². The Hall–Kier alpha value is -4.73. The van der Waals surface area contributed by atoms with Crippen LogP contribution in [-0.4, -0.2) is 86.0 Å². The van der Waals surface area contributed by atoms with Crippen LogP contribution in [0.25, 0.3) is 11.3 Å². The summed E-state index contributed by atoms with van der Waals surface area (Å²) in [7, 11) is 1.90. The number of aryl methyl sites for hydroxylation is 1. The predicted octanol–water partition coefficient (Wildman–Crippen LogP) is 6.53. The summed E-state index contributed by atoms with van der Waals surface area (Å²) >= 11 is 0. The Morgan fingerprint density at radius 1 is 0.865 bits per heavy atom. The fourth-order valence-electron chi connectivity index (χ4n) is 7.86. The highest BCUT2D eigenvalue weighted by Gasteiger charge is 2.23. The van der Waals surface area contributed by atoms with E-state index in [1.165, 1.54) is 36.1 Å². The summed E-state index contributed by atoms with van der Waals surface area (Å²) in [4.78, 5) is 38.6. The Labute approximate surface area is 308 Å². The molecule has 3 aromatic carbocycles. The van der Waals surface area contributed by atoms with E-state index in [1.807, 2.05) is 36.2 Å². The number of amides is 2. The number of likely N-dealkylation sites (N-methyl/N-ethyl adjacent to an activating group) is 1. The van der Waals surface area contributed by atoms with Gasteiger partial charge >= 0.3 is 0 Å². The first-order valence-corrected chi connectivity index (χ1v) is 19.3. The quantitative estimate of drug-likeness (QED) is 0.164. The molecule has 3 heterocycles. The summed E-state index contributed by atoms with van der Waals surface area (Å²) in [5.41, 5.74) is 8.68. The van der Waals surface area contributed by atoms with Crippen LogP contribution in [0.4, 0.5) is 11.4 Å². The molecule has 2 amide bonds. The van der Waals surface area contributed by atoms with Gasteiger partial charge < -0.3 is 30.7 Å². The summed E-state index contributed by atoms with van der Waals surface area (Å²) in [6.07, 6.45) is 9.58. The van der Waals surface area contributed by atoms with Crippen LogP contribution >= 0.6 is 0 Å². The molecule has 2 saturated heterocycles. The van der Waals surface area contributed by atoms with E-state index in [-0.39, 0.29) is 17.9 Å². The van der Waals surface area contributed by atoms with Gasteiger partial charge in [-0.25, -0.2) is 0 Å². The van der Waals surface area contributed by atoms with E-state index in [0.717, 1.165) is 94.0 Å². The van der Waals surface area contributed by atoms with Crippen molar-refractivity contribution in [2.24, 2.45) is 0 Å². The van der Waals surface area contributed by atoms with Crippen LogP contribution in [0.2, 0.25) is 0 Å². The largest absolute Gasteiger partial charge is 0.380 e. The lowest BCUT2D eigenvalue weighted by molar-refractivity contribution is 0.0778. The van der Waals surface area contributed by atoms with Crippen molar-refractivity contribution in [2.45, 2.75) is 57.5 Å². The highest BCUT2D eigenvalue weighted by Crippen LogP contribution is 2.34.